The van der Waals surface area contributed by atoms with Gasteiger partial charge in [-0.05, 0) is 26.0 Å². The average molecular weight is 262 g/mol. The summed E-state index contributed by atoms with van der Waals surface area (Å²) in [5.41, 5.74) is 7.66. The predicted molar refractivity (Wildman–Crippen MR) is 76.4 cm³/mol. The van der Waals surface area contributed by atoms with Gasteiger partial charge in [-0.2, -0.15) is 0 Å². The first-order valence-corrected chi connectivity index (χ1v) is 6.23. The summed E-state index contributed by atoms with van der Waals surface area (Å²) >= 11 is 0. The molecule has 19 heavy (non-hydrogen) atoms. The Hall–Kier alpha value is -2.08. The minimum absolute atomic E-state index is 0.127. The second-order valence-electron chi connectivity index (χ2n) is 4.39. The Balaban J connectivity index is 2.29. The highest BCUT2D eigenvalue weighted by Gasteiger charge is 2.08. The molecule has 0 saturated heterocycles. The van der Waals surface area contributed by atoms with Gasteiger partial charge in [0.15, 0.2) is 0 Å². The molecule has 1 aromatic carbocycles. The number of aromatic nitrogens is 2. The maximum atomic E-state index is 11.6. The Morgan fingerprint density at radius 3 is 3.05 bits per heavy atom. The molecule has 0 fully saturated rings. The van der Waals surface area contributed by atoms with Crippen LogP contribution >= 0.6 is 0 Å². The van der Waals surface area contributed by atoms with Crippen molar-refractivity contribution < 1.29 is 4.74 Å². The summed E-state index contributed by atoms with van der Waals surface area (Å²) in [6.07, 6.45) is 1.38. The Morgan fingerprint density at radius 1 is 1.53 bits per heavy atom. The summed E-state index contributed by atoms with van der Waals surface area (Å²) in [4.78, 5) is 18.3. The Kier molecular flexibility index (Phi) is 4.01. The molecule has 6 heteroatoms. The summed E-state index contributed by atoms with van der Waals surface area (Å²) in [7, 11) is 0. The number of hydrogen-bond donors (Lipinski definition) is 3. The number of nitrogen functional groups attached to an aromatic ring is 1. The van der Waals surface area contributed by atoms with Gasteiger partial charge in [-0.25, -0.2) is 4.98 Å². The molecule has 1 heterocycles. The van der Waals surface area contributed by atoms with Gasteiger partial charge in [-0.15, -0.1) is 0 Å². The molecule has 102 valence electrons. The highest BCUT2D eigenvalue weighted by Crippen LogP contribution is 2.23. The van der Waals surface area contributed by atoms with Crippen molar-refractivity contribution in [1.82, 2.24) is 9.97 Å². The fraction of sp³-hybridized carbons (Fsp3) is 0.385. The maximum absolute atomic E-state index is 11.6. The molecule has 6 nitrogen and oxygen atoms in total. The van der Waals surface area contributed by atoms with Crippen molar-refractivity contribution in [2.45, 2.75) is 19.9 Å². The number of aromatic amines is 1. The molecule has 0 radical (unpaired) electrons. The molecule has 0 bridgehead atoms. The van der Waals surface area contributed by atoms with Gasteiger partial charge in [0, 0.05) is 12.6 Å². The number of nitrogens with two attached hydrogens (primary N) is 1. The lowest BCUT2D eigenvalue weighted by Gasteiger charge is -2.16. The number of anilines is 2. The third-order valence-corrected chi connectivity index (χ3v) is 2.79. The van der Waals surface area contributed by atoms with Crippen molar-refractivity contribution in [2.24, 2.45) is 0 Å². The van der Waals surface area contributed by atoms with Gasteiger partial charge < -0.3 is 20.8 Å². The summed E-state index contributed by atoms with van der Waals surface area (Å²) in [5, 5.41) is 3.74. The minimum atomic E-state index is -0.189. The van der Waals surface area contributed by atoms with Gasteiger partial charge in [-0.1, -0.05) is 0 Å². The normalized spacial score (nSPS) is 12.5. The highest BCUT2D eigenvalue weighted by atomic mass is 16.5. The zero-order valence-corrected chi connectivity index (χ0v) is 11.1. The van der Waals surface area contributed by atoms with Gasteiger partial charge in [0.2, 0.25) is 0 Å². The summed E-state index contributed by atoms with van der Waals surface area (Å²) in [6, 6.07) is 3.54. The van der Waals surface area contributed by atoms with E-state index in [0.717, 1.165) is 5.69 Å². The van der Waals surface area contributed by atoms with Crippen LogP contribution in [0.25, 0.3) is 10.9 Å². The second-order valence-corrected chi connectivity index (χ2v) is 4.39. The number of nitrogens with one attached hydrogen (secondary N) is 2. The number of ether oxygens (including phenoxy) is 1. The summed E-state index contributed by atoms with van der Waals surface area (Å²) in [5.74, 6) is 0. The highest BCUT2D eigenvalue weighted by molar-refractivity contribution is 5.88. The summed E-state index contributed by atoms with van der Waals surface area (Å²) < 4.78 is 5.34. The largest absolute Gasteiger partial charge is 0.397 e. The lowest BCUT2D eigenvalue weighted by molar-refractivity contribution is 0.141. The fourth-order valence-electron chi connectivity index (χ4n) is 1.86. The van der Waals surface area contributed by atoms with Gasteiger partial charge >= 0.3 is 0 Å². The average Bonchev–Trinajstić information content (AvgIpc) is 2.38. The molecule has 0 aliphatic heterocycles. The smallest absolute Gasteiger partial charge is 0.258 e. The van der Waals surface area contributed by atoms with Crippen LogP contribution in [0.4, 0.5) is 11.4 Å². The third kappa shape index (κ3) is 3.03. The van der Waals surface area contributed by atoms with E-state index in [-0.39, 0.29) is 11.6 Å². The standard InChI is InChI=1S/C13H18N4O2/c1-3-19-6-8(2)17-12-5-11-9(4-10(12)14)13(18)16-7-15-11/h4-5,7-8,17H,3,6,14H2,1-2H3,(H,15,16,18). The van der Waals surface area contributed by atoms with Crippen LogP contribution in [-0.4, -0.2) is 29.2 Å². The molecule has 2 aromatic rings. The molecule has 0 aliphatic carbocycles. The fourth-order valence-corrected chi connectivity index (χ4v) is 1.86. The molecule has 0 spiro atoms. The minimum Gasteiger partial charge on any atom is -0.397 e. The lowest BCUT2D eigenvalue weighted by Crippen LogP contribution is -2.22. The number of fused-ring (bicyclic) bond motifs is 1. The van der Waals surface area contributed by atoms with E-state index in [9.17, 15) is 4.79 Å². The van der Waals surface area contributed by atoms with Gasteiger partial charge in [-0.3, -0.25) is 4.79 Å². The lowest BCUT2D eigenvalue weighted by atomic mass is 10.2. The van der Waals surface area contributed by atoms with Crippen LogP contribution in [0.2, 0.25) is 0 Å². The van der Waals surface area contributed by atoms with E-state index in [1.54, 1.807) is 12.1 Å². The Labute approximate surface area is 111 Å². The van der Waals surface area contributed by atoms with Crippen molar-refractivity contribution in [1.29, 1.82) is 0 Å². The number of nitrogens with zero attached hydrogens (tertiary/aromatic N) is 1. The van der Waals surface area contributed by atoms with E-state index in [1.165, 1.54) is 6.33 Å². The van der Waals surface area contributed by atoms with Gasteiger partial charge in [0.05, 0.1) is 35.2 Å². The zero-order valence-electron chi connectivity index (χ0n) is 11.1. The molecule has 4 N–H and O–H groups in total. The van der Waals surface area contributed by atoms with Crippen LogP contribution in [0.15, 0.2) is 23.3 Å². The van der Waals surface area contributed by atoms with Crippen molar-refractivity contribution in [3.63, 3.8) is 0 Å². The van der Waals surface area contributed by atoms with Crippen molar-refractivity contribution in [3.8, 4) is 0 Å². The van der Waals surface area contributed by atoms with E-state index >= 15 is 0 Å². The first kappa shape index (κ1) is 13.4. The monoisotopic (exact) mass is 262 g/mol. The molecular formula is C13H18N4O2. The van der Waals surface area contributed by atoms with E-state index in [0.29, 0.717) is 29.8 Å². The SMILES string of the molecule is CCOCC(C)Nc1cc2nc[nH]c(=O)c2cc1N. The second kappa shape index (κ2) is 5.71. The zero-order chi connectivity index (χ0) is 13.8. The van der Waals surface area contributed by atoms with Crippen LogP contribution in [0, 0.1) is 0 Å². The van der Waals surface area contributed by atoms with E-state index in [2.05, 4.69) is 15.3 Å². The van der Waals surface area contributed by atoms with Crippen LogP contribution in [0.3, 0.4) is 0 Å². The van der Waals surface area contributed by atoms with Gasteiger partial charge in [0.1, 0.15) is 0 Å². The quantitative estimate of drug-likeness (QED) is 0.707. The van der Waals surface area contributed by atoms with E-state index in [4.69, 9.17) is 10.5 Å². The van der Waals surface area contributed by atoms with Crippen molar-refractivity contribution in [3.05, 3.63) is 28.8 Å². The van der Waals surface area contributed by atoms with Crippen LogP contribution < -0.4 is 16.6 Å². The Morgan fingerprint density at radius 2 is 2.32 bits per heavy atom. The van der Waals surface area contributed by atoms with Crippen LogP contribution in [0.1, 0.15) is 13.8 Å². The maximum Gasteiger partial charge on any atom is 0.258 e. The molecular weight excluding hydrogens is 244 g/mol. The molecule has 0 aliphatic rings. The number of H-pyrrole nitrogens is 1. The van der Waals surface area contributed by atoms with Crippen LogP contribution in [-0.2, 0) is 4.74 Å². The van der Waals surface area contributed by atoms with E-state index in [1.807, 2.05) is 13.8 Å². The number of benzene rings is 1. The van der Waals surface area contributed by atoms with Gasteiger partial charge in [0.25, 0.3) is 5.56 Å². The Bertz CT molecular complexity index is 624. The molecule has 2 rings (SSSR count). The third-order valence-electron chi connectivity index (χ3n) is 2.79. The first-order valence-electron chi connectivity index (χ1n) is 6.23. The molecule has 1 aromatic heterocycles. The van der Waals surface area contributed by atoms with Crippen LogP contribution in [0.5, 0.6) is 0 Å². The van der Waals surface area contributed by atoms with Crippen molar-refractivity contribution in [2.75, 3.05) is 24.3 Å². The first-order chi connectivity index (χ1) is 9.11. The van der Waals surface area contributed by atoms with E-state index < -0.39 is 0 Å². The molecule has 1 unspecified atom stereocenters. The molecule has 0 saturated carbocycles. The predicted octanol–water partition coefficient (Wildman–Crippen LogP) is 1.34. The topological polar surface area (TPSA) is 93.0 Å². The molecule has 1 atom stereocenters. The summed E-state index contributed by atoms with van der Waals surface area (Å²) in [6.45, 7) is 5.23. The number of rotatable bonds is 5. The van der Waals surface area contributed by atoms with Crippen molar-refractivity contribution >= 4 is 22.3 Å². The number of hydrogen-bond acceptors (Lipinski definition) is 5. The molecule has 0 amide bonds.